The van der Waals surface area contributed by atoms with Crippen LogP contribution < -0.4 is 4.72 Å². The summed E-state index contributed by atoms with van der Waals surface area (Å²) in [5.74, 6) is -0.0966. The van der Waals surface area contributed by atoms with Crippen LogP contribution in [0.5, 0.6) is 0 Å². The molecule has 0 aromatic carbocycles. The molecule has 0 radical (unpaired) electrons. The van der Waals surface area contributed by atoms with Crippen LogP contribution in [-0.2, 0) is 14.8 Å². The van der Waals surface area contributed by atoms with Crippen molar-refractivity contribution in [2.24, 2.45) is 0 Å². The number of nitrogens with one attached hydrogen (secondary N) is 1. The number of pyridine rings is 1. The number of hydrogen-bond donors (Lipinski definition) is 1. The number of carbonyl (C=O) groups excluding carboxylic acids is 1. The first-order valence-electron chi connectivity index (χ1n) is 6.58. The first-order chi connectivity index (χ1) is 9.94. The fourth-order valence-electron chi connectivity index (χ4n) is 1.72. The van der Waals surface area contributed by atoms with Crippen LogP contribution in [0.2, 0.25) is 0 Å². The third-order valence-corrected chi connectivity index (χ3v) is 4.35. The van der Waals surface area contributed by atoms with E-state index in [0.717, 1.165) is 6.20 Å². The van der Waals surface area contributed by atoms with E-state index in [1.807, 2.05) is 19.9 Å². The molecule has 8 heteroatoms. The normalized spacial score (nSPS) is 10.9. The molecular formula is C13H18N4O3S. The zero-order valence-corrected chi connectivity index (χ0v) is 12.9. The van der Waals surface area contributed by atoms with E-state index in [2.05, 4.69) is 9.71 Å². The predicted octanol–water partition coefficient (Wildman–Crippen LogP) is 0.490. The Kier molecular flexibility index (Phi) is 6.27. The Bertz CT molecular complexity index is 616. The molecule has 0 atom stereocenters. The van der Waals surface area contributed by atoms with Gasteiger partial charge in [-0.1, -0.05) is 0 Å². The van der Waals surface area contributed by atoms with Gasteiger partial charge in [-0.05, 0) is 26.0 Å². The van der Waals surface area contributed by atoms with Crippen molar-refractivity contribution in [3.05, 3.63) is 24.0 Å². The topological polar surface area (TPSA) is 103 Å². The van der Waals surface area contributed by atoms with Gasteiger partial charge >= 0.3 is 0 Å². The number of aromatic nitrogens is 1. The van der Waals surface area contributed by atoms with Gasteiger partial charge in [-0.25, -0.2) is 18.1 Å². The minimum Gasteiger partial charge on any atom is -0.343 e. The van der Waals surface area contributed by atoms with E-state index < -0.39 is 10.0 Å². The zero-order valence-electron chi connectivity index (χ0n) is 12.0. The second-order valence-corrected chi connectivity index (χ2v) is 5.97. The summed E-state index contributed by atoms with van der Waals surface area (Å²) in [6.07, 6.45) is 1.22. The zero-order chi connectivity index (χ0) is 15.9. The van der Waals surface area contributed by atoms with Gasteiger partial charge in [0.15, 0.2) is 0 Å². The number of amides is 1. The Morgan fingerprint density at radius 2 is 2.05 bits per heavy atom. The summed E-state index contributed by atoms with van der Waals surface area (Å²) in [6.45, 7) is 4.96. The van der Waals surface area contributed by atoms with E-state index in [9.17, 15) is 13.2 Å². The molecule has 0 aliphatic rings. The first-order valence-corrected chi connectivity index (χ1v) is 8.06. The van der Waals surface area contributed by atoms with Crippen molar-refractivity contribution < 1.29 is 13.2 Å². The standard InChI is InChI=1S/C13H18N4O3S/c1-3-17(4-2)13(18)7-8-16-21(19,20)12-6-5-11(9-14)15-10-12/h5-6,10,16H,3-4,7-8H2,1-2H3. The molecule has 1 heterocycles. The Balaban J connectivity index is 2.61. The minimum atomic E-state index is -3.71. The highest BCUT2D eigenvalue weighted by atomic mass is 32.2. The molecule has 114 valence electrons. The average molecular weight is 310 g/mol. The summed E-state index contributed by atoms with van der Waals surface area (Å²) in [6, 6.07) is 4.45. The Hall–Kier alpha value is -1.98. The van der Waals surface area contributed by atoms with Gasteiger partial charge in [-0.2, -0.15) is 5.26 Å². The highest BCUT2D eigenvalue weighted by molar-refractivity contribution is 7.89. The third-order valence-electron chi connectivity index (χ3n) is 2.91. The number of carbonyl (C=O) groups is 1. The lowest BCUT2D eigenvalue weighted by atomic mass is 10.3. The molecule has 1 aromatic heterocycles. The lowest BCUT2D eigenvalue weighted by Crippen LogP contribution is -2.34. The SMILES string of the molecule is CCN(CC)C(=O)CCNS(=O)(=O)c1ccc(C#N)nc1. The monoisotopic (exact) mass is 310 g/mol. The van der Waals surface area contributed by atoms with Crippen molar-refractivity contribution in [3.8, 4) is 6.07 Å². The van der Waals surface area contributed by atoms with E-state index in [1.54, 1.807) is 4.90 Å². The van der Waals surface area contributed by atoms with Gasteiger partial charge in [0.2, 0.25) is 15.9 Å². The molecule has 0 spiro atoms. The van der Waals surface area contributed by atoms with Gasteiger partial charge in [0.25, 0.3) is 0 Å². The van der Waals surface area contributed by atoms with Crippen LogP contribution in [0.4, 0.5) is 0 Å². The molecular weight excluding hydrogens is 292 g/mol. The molecule has 7 nitrogen and oxygen atoms in total. The second-order valence-electron chi connectivity index (χ2n) is 4.20. The Labute approximate surface area is 124 Å². The smallest absolute Gasteiger partial charge is 0.242 e. The van der Waals surface area contributed by atoms with Gasteiger partial charge in [-0.3, -0.25) is 4.79 Å². The maximum Gasteiger partial charge on any atom is 0.242 e. The van der Waals surface area contributed by atoms with Crippen molar-refractivity contribution in [2.45, 2.75) is 25.2 Å². The van der Waals surface area contributed by atoms with Crippen LogP contribution in [-0.4, -0.2) is 43.8 Å². The molecule has 0 fully saturated rings. The largest absolute Gasteiger partial charge is 0.343 e. The highest BCUT2D eigenvalue weighted by Gasteiger charge is 2.16. The van der Waals surface area contributed by atoms with Crippen molar-refractivity contribution in [2.75, 3.05) is 19.6 Å². The Morgan fingerprint density at radius 1 is 1.38 bits per heavy atom. The van der Waals surface area contributed by atoms with Crippen molar-refractivity contribution in [3.63, 3.8) is 0 Å². The fraction of sp³-hybridized carbons (Fsp3) is 0.462. The van der Waals surface area contributed by atoms with E-state index in [4.69, 9.17) is 5.26 Å². The molecule has 0 unspecified atom stereocenters. The summed E-state index contributed by atoms with van der Waals surface area (Å²) in [4.78, 5) is 17.1. The van der Waals surface area contributed by atoms with Crippen LogP contribution >= 0.6 is 0 Å². The van der Waals surface area contributed by atoms with Crippen LogP contribution in [0.1, 0.15) is 26.0 Å². The number of sulfonamides is 1. The van der Waals surface area contributed by atoms with Crippen molar-refractivity contribution in [1.29, 1.82) is 5.26 Å². The van der Waals surface area contributed by atoms with Gasteiger partial charge in [0, 0.05) is 32.3 Å². The van der Waals surface area contributed by atoms with Gasteiger partial charge in [0.1, 0.15) is 16.7 Å². The van der Waals surface area contributed by atoms with Gasteiger partial charge in [0.05, 0.1) is 0 Å². The molecule has 1 amide bonds. The van der Waals surface area contributed by atoms with Gasteiger partial charge < -0.3 is 4.90 Å². The molecule has 1 N–H and O–H groups in total. The average Bonchev–Trinajstić information content (AvgIpc) is 2.48. The number of nitrogens with zero attached hydrogens (tertiary/aromatic N) is 3. The molecule has 0 aliphatic heterocycles. The molecule has 1 rings (SSSR count). The van der Waals surface area contributed by atoms with Gasteiger partial charge in [-0.15, -0.1) is 0 Å². The summed E-state index contributed by atoms with van der Waals surface area (Å²) >= 11 is 0. The maximum absolute atomic E-state index is 12.0. The molecule has 0 bridgehead atoms. The van der Waals surface area contributed by atoms with E-state index in [1.165, 1.54) is 12.1 Å². The summed E-state index contributed by atoms with van der Waals surface area (Å²) in [5, 5.41) is 8.61. The third kappa shape index (κ3) is 4.81. The van der Waals surface area contributed by atoms with E-state index in [0.29, 0.717) is 13.1 Å². The number of nitriles is 1. The molecule has 0 aliphatic carbocycles. The Morgan fingerprint density at radius 3 is 2.52 bits per heavy atom. The second kappa shape index (κ2) is 7.71. The van der Waals surface area contributed by atoms with E-state index >= 15 is 0 Å². The molecule has 21 heavy (non-hydrogen) atoms. The lowest BCUT2D eigenvalue weighted by Gasteiger charge is -2.18. The quantitative estimate of drug-likeness (QED) is 0.789. The molecule has 1 aromatic rings. The van der Waals surface area contributed by atoms with Crippen LogP contribution in [0, 0.1) is 11.3 Å². The first kappa shape index (κ1) is 17.1. The number of hydrogen-bond acceptors (Lipinski definition) is 5. The predicted molar refractivity (Wildman–Crippen MR) is 76.7 cm³/mol. The fourth-order valence-corrected chi connectivity index (χ4v) is 2.69. The van der Waals surface area contributed by atoms with Crippen LogP contribution in [0.3, 0.4) is 0 Å². The van der Waals surface area contributed by atoms with Crippen molar-refractivity contribution >= 4 is 15.9 Å². The number of rotatable bonds is 7. The van der Waals surface area contributed by atoms with Crippen molar-refractivity contribution in [1.82, 2.24) is 14.6 Å². The highest BCUT2D eigenvalue weighted by Crippen LogP contribution is 2.07. The summed E-state index contributed by atoms with van der Waals surface area (Å²) in [5.41, 5.74) is 0.144. The maximum atomic E-state index is 12.0. The molecule has 0 saturated carbocycles. The van der Waals surface area contributed by atoms with Crippen LogP contribution in [0.15, 0.2) is 23.2 Å². The minimum absolute atomic E-state index is 0.0255. The molecule has 0 saturated heterocycles. The lowest BCUT2D eigenvalue weighted by molar-refractivity contribution is -0.130. The summed E-state index contributed by atoms with van der Waals surface area (Å²) in [7, 11) is -3.71. The van der Waals surface area contributed by atoms with E-state index in [-0.39, 0.29) is 29.5 Å². The summed E-state index contributed by atoms with van der Waals surface area (Å²) < 4.78 is 26.3. The van der Waals surface area contributed by atoms with Crippen LogP contribution in [0.25, 0.3) is 0 Å².